The van der Waals surface area contributed by atoms with Crippen LogP contribution in [0.1, 0.15) is 12.5 Å². The van der Waals surface area contributed by atoms with E-state index >= 15 is 0 Å². The minimum atomic E-state index is -0.541. The molecule has 33 heavy (non-hydrogen) atoms. The van der Waals surface area contributed by atoms with Gasteiger partial charge in [0.15, 0.2) is 18.1 Å². The van der Waals surface area contributed by atoms with E-state index in [1.165, 1.54) is 24.5 Å². The molecule has 2 N–H and O–H groups in total. The number of hydrogen-bond donors (Lipinski definition) is 2. The van der Waals surface area contributed by atoms with Gasteiger partial charge in [-0.3, -0.25) is 20.3 Å². The number of pyridine rings is 1. The van der Waals surface area contributed by atoms with Gasteiger partial charge in [0.05, 0.1) is 21.3 Å². The number of ether oxygens (including phenoxy) is 2. The summed E-state index contributed by atoms with van der Waals surface area (Å²) in [7, 11) is 0. The van der Waals surface area contributed by atoms with Crippen LogP contribution in [0.15, 0.2) is 65.9 Å². The third-order valence-corrected chi connectivity index (χ3v) is 4.91. The van der Waals surface area contributed by atoms with Gasteiger partial charge in [-0.2, -0.15) is 5.10 Å². The van der Waals surface area contributed by atoms with Gasteiger partial charge in [-0.25, -0.2) is 4.98 Å². The lowest BCUT2D eigenvalue weighted by molar-refractivity contribution is -0.384. The van der Waals surface area contributed by atoms with Gasteiger partial charge in [-0.1, -0.05) is 18.2 Å². The number of nitrogens with zero attached hydrogens (tertiary/aromatic N) is 3. The Balaban J connectivity index is 1.71. The fraction of sp³-hybridized carbons (Fsp3) is 0.136. The van der Waals surface area contributed by atoms with Crippen LogP contribution in [-0.2, 0) is 4.79 Å². The summed E-state index contributed by atoms with van der Waals surface area (Å²) in [6.07, 6.45) is 2.91. The maximum absolute atomic E-state index is 12.2. The minimum Gasteiger partial charge on any atom is -0.490 e. The molecule has 0 atom stereocenters. The smallest absolute Gasteiger partial charge is 0.313 e. The summed E-state index contributed by atoms with van der Waals surface area (Å²) in [6.45, 7) is 2.03. The summed E-state index contributed by atoms with van der Waals surface area (Å²) < 4.78 is 12.1. The molecule has 0 fully saturated rings. The lowest BCUT2D eigenvalue weighted by Gasteiger charge is -2.14. The van der Waals surface area contributed by atoms with E-state index < -0.39 is 4.92 Å². The molecule has 0 bridgehead atoms. The number of nitrogens with one attached hydrogen (secondary N) is 2. The summed E-state index contributed by atoms with van der Waals surface area (Å²) >= 11 is 2.08. The molecule has 0 spiro atoms. The van der Waals surface area contributed by atoms with Gasteiger partial charge in [0.25, 0.3) is 5.91 Å². The minimum absolute atomic E-state index is 0.0304. The van der Waals surface area contributed by atoms with Crippen LogP contribution >= 0.6 is 22.6 Å². The van der Waals surface area contributed by atoms with Gasteiger partial charge in [0.2, 0.25) is 5.82 Å². The molecule has 0 aliphatic rings. The molecule has 0 saturated heterocycles. The fourth-order valence-corrected chi connectivity index (χ4v) is 3.50. The van der Waals surface area contributed by atoms with Crippen molar-refractivity contribution < 1.29 is 19.2 Å². The first-order valence-electron chi connectivity index (χ1n) is 9.80. The Labute approximate surface area is 203 Å². The van der Waals surface area contributed by atoms with Crippen molar-refractivity contribution in [1.82, 2.24) is 4.98 Å². The van der Waals surface area contributed by atoms with Crippen LogP contribution in [0.2, 0.25) is 0 Å². The Bertz CT molecular complexity index is 1160. The molecule has 1 aromatic heterocycles. The second-order valence-corrected chi connectivity index (χ2v) is 7.63. The third-order valence-electron chi connectivity index (χ3n) is 4.10. The second kappa shape index (κ2) is 11.8. The van der Waals surface area contributed by atoms with E-state index in [1.807, 2.05) is 25.1 Å². The van der Waals surface area contributed by atoms with Crippen LogP contribution in [-0.4, -0.2) is 35.2 Å². The number of aromatic nitrogens is 1. The molecule has 0 aliphatic carbocycles. The number of nitro groups is 1. The zero-order chi connectivity index (χ0) is 23.6. The molecule has 2 aromatic carbocycles. The van der Waals surface area contributed by atoms with Gasteiger partial charge < -0.3 is 14.8 Å². The molecule has 0 saturated carbocycles. The average molecular weight is 561 g/mol. The highest BCUT2D eigenvalue weighted by molar-refractivity contribution is 14.1. The predicted octanol–water partition coefficient (Wildman–Crippen LogP) is 4.46. The number of halogens is 1. The van der Waals surface area contributed by atoms with Crippen molar-refractivity contribution in [2.24, 2.45) is 5.10 Å². The van der Waals surface area contributed by atoms with Crippen LogP contribution in [0, 0.1) is 13.7 Å². The van der Waals surface area contributed by atoms with E-state index in [0.717, 1.165) is 0 Å². The van der Waals surface area contributed by atoms with Crippen molar-refractivity contribution in [2.45, 2.75) is 6.92 Å². The summed E-state index contributed by atoms with van der Waals surface area (Å²) in [6, 6.07) is 15.4. The molecular formula is C22H20IN5O5. The van der Waals surface area contributed by atoms with Gasteiger partial charge in [0, 0.05) is 18.0 Å². The van der Waals surface area contributed by atoms with E-state index in [4.69, 9.17) is 9.47 Å². The maximum Gasteiger partial charge on any atom is 0.313 e. The third kappa shape index (κ3) is 6.87. The lowest BCUT2D eigenvalue weighted by Crippen LogP contribution is -2.20. The normalized spacial score (nSPS) is 10.6. The van der Waals surface area contributed by atoms with Crippen LogP contribution < -0.4 is 20.2 Å². The maximum atomic E-state index is 12.2. The van der Waals surface area contributed by atoms with Crippen LogP contribution in [0.4, 0.5) is 17.2 Å². The number of rotatable bonds is 10. The largest absolute Gasteiger partial charge is 0.490 e. The Morgan fingerprint density at radius 2 is 2.00 bits per heavy atom. The summed E-state index contributed by atoms with van der Waals surface area (Å²) in [5.74, 6) is 0.613. The Morgan fingerprint density at radius 1 is 1.21 bits per heavy atom. The van der Waals surface area contributed by atoms with Crippen molar-refractivity contribution in [3.05, 3.63) is 80.0 Å². The molecule has 0 radical (unpaired) electrons. The number of amides is 1. The molecule has 1 heterocycles. The average Bonchev–Trinajstić information content (AvgIpc) is 2.79. The highest BCUT2D eigenvalue weighted by Gasteiger charge is 2.15. The van der Waals surface area contributed by atoms with Crippen molar-refractivity contribution >= 4 is 51.9 Å². The van der Waals surface area contributed by atoms with Crippen molar-refractivity contribution in [1.29, 1.82) is 0 Å². The molecule has 11 heteroatoms. The van der Waals surface area contributed by atoms with Gasteiger partial charge in [-0.05, 0) is 65.4 Å². The molecule has 1 amide bonds. The number of hydrogen-bond acceptors (Lipinski definition) is 8. The number of anilines is 2. The summed E-state index contributed by atoms with van der Waals surface area (Å²) in [4.78, 5) is 26.7. The van der Waals surface area contributed by atoms with Crippen LogP contribution in [0.25, 0.3) is 0 Å². The first kappa shape index (κ1) is 23.9. The highest BCUT2D eigenvalue weighted by Crippen LogP contribution is 2.34. The van der Waals surface area contributed by atoms with Crippen molar-refractivity contribution in [2.75, 3.05) is 24.0 Å². The second-order valence-electron chi connectivity index (χ2n) is 6.46. The molecule has 170 valence electrons. The number of hydrazone groups is 1. The number of para-hydroxylation sites is 1. The SMILES string of the molecule is CCOc1cc(/C=N\Nc2ncccc2[N+](=O)[O-])cc(I)c1OCC(=O)Nc1ccccc1. The molecular weight excluding hydrogens is 541 g/mol. The van der Waals surface area contributed by atoms with Gasteiger partial charge >= 0.3 is 5.69 Å². The molecule has 3 aromatic rings. The highest BCUT2D eigenvalue weighted by atomic mass is 127. The Hall–Kier alpha value is -3.74. The first-order valence-corrected chi connectivity index (χ1v) is 10.9. The van der Waals surface area contributed by atoms with Gasteiger partial charge in [-0.15, -0.1) is 0 Å². The van der Waals surface area contributed by atoms with E-state index in [-0.39, 0.29) is 24.0 Å². The van der Waals surface area contributed by atoms with E-state index in [0.29, 0.717) is 32.9 Å². The molecule has 0 unspecified atom stereocenters. The predicted molar refractivity (Wildman–Crippen MR) is 133 cm³/mol. The number of carbonyl (C=O) groups excluding carboxylic acids is 1. The standard InChI is InChI=1S/C22H20IN5O5/c1-2-32-19-12-15(13-25-27-22-18(28(30)31)9-6-10-24-22)11-17(23)21(19)33-14-20(29)26-16-7-4-3-5-8-16/h3-13H,2,14H2,1H3,(H,24,27)(H,26,29)/b25-13-. The van der Waals surface area contributed by atoms with E-state index in [9.17, 15) is 14.9 Å². The first-order chi connectivity index (χ1) is 16.0. The fourth-order valence-electron chi connectivity index (χ4n) is 2.72. The van der Waals surface area contributed by atoms with E-state index in [2.05, 4.69) is 43.4 Å². The molecule has 3 rings (SSSR count). The topological polar surface area (TPSA) is 128 Å². The van der Waals surface area contributed by atoms with Gasteiger partial charge in [0.1, 0.15) is 0 Å². The molecule has 10 nitrogen and oxygen atoms in total. The zero-order valence-electron chi connectivity index (χ0n) is 17.5. The summed E-state index contributed by atoms with van der Waals surface area (Å²) in [5.41, 5.74) is 3.74. The van der Waals surface area contributed by atoms with Crippen LogP contribution in [0.3, 0.4) is 0 Å². The van der Waals surface area contributed by atoms with E-state index in [1.54, 1.807) is 24.3 Å². The molecule has 0 aliphatic heterocycles. The Kier molecular flexibility index (Phi) is 8.52. The van der Waals surface area contributed by atoms with Crippen molar-refractivity contribution in [3.63, 3.8) is 0 Å². The number of benzene rings is 2. The quantitative estimate of drug-likeness (QED) is 0.162. The summed E-state index contributed by atoms with van der Waals surface area (Å²) in [5, 5.41) is 17.9. The Morgan fingerprint density at radius 3 is 2.73 bits per heavy atom. The van der Waals surface area contributed by atoms with Crippen LogP contribution in [0.5, 0.6) is 11.5 Å². The van der Waals surface area contributed by atoms with Crippen molar-refractivity contribution in [3.8, 4) is 11.5 Å². The zero-order valence-corrected chi connectivity index (χ0v) is 19.7. The number of carbonyl (C=O) groups is 1. The monoisotopic (exact) mass is 561 g/mol. The lowest BCUT2D eigenvalue weighted by atomic mass is 10.2.